The van der Waals surface area contributed by atoms with Gasteiger partial charge in [0.15, 0.2) is 5.82 Å². The molecule has 1 aliphatic rings. The van der Waals surface area contributed by atoms with Crippen LogP contribution in [0.2, 0.25) is 0 Å². The lowest BCUT2D eigenvalue weighted by Gasteiger charge is -2.22. The van der Waals surface area contributed by atoms with E-state index in [-0.39, 0.29) is 5.41 Å². The average molecular weight is 918 g/mol. The van der Waals surface area contributed by atoms with Gasteiger partial charge < -0.3 is 4.57 Å². The molecule has 0 N–H and O–H groups in total. The van der Waals surface area contributed by atoms with Crippen LogP contribution in [0.4, 0.5) is 0 Å². The van der Waals surface area contributed by atoms with Gasteiger partial charge in [-0.1, -0.05) is 226 Å². The van der Waals surface area contributed by atoms with Crippen LogP contribution in [0.15, 0.2) is 249 Å². The topological polar surface area (TPSA) is 30.7 Å². The summed E-state index contributed by atoms with van der Waals surface area (Å²) in [5, 5.41) is 7.33. The summed E-state index contributed by atoms with van der Waals surface area (Å²) in [6.07, 6.45) is 0. The molecule has 11 aromatic carbocycles. The van der Waals surface area contributed by atoms with Crippen molar-refractivity contribution in [3.8, 4) is 84.1 Å². The zero-order valence-electron chi connectivity index (χ0n) is 40.0. The van der Waals surface area contributed by atoms with Gasteiger partial charge in [0.1, 0.15) is 0 Å². The largest absolute Gasteiger partial charge is 0.309 e. The van der Waals surface area contributed by atoms with Crippen LogP contribution >= 0.6 is 0 Å². The van der Waals surface area contributed by atoms with Crippen molar-refractivity contribution < 1.29 is 0 Å². The van der Waals surface area contributed by atoms with Crippen LogP contribution in [-0.4, -0.2) is 14.5 Å². The van der Waals surface area contributed by atoms with Crippen LogP contribution < -0.4 is 0 Å². The molecule has 14 rings (SSSR count). The Labute approximate surface area is 419 Å². The molecule has 13 aromatic rings. The van der Waals surface area contributed by atoms with E-state index in [9.17, 15) is 0 Å². The summed E-state index contributed by atoms with van der Waals surface area (Å²) in [6.45, 7) is 4.74. The fraction of sp³-hybridized carbons (Fsp3) is 0.0435. The van der Waals surface area contributed by atoms with E-state index < -0.39 is 0 Å². The maximum atomic E-state index is 5.54. The molecule has 72 heavy (non-hydrogen) atoms. The Hall–Kier alpha value is -9.18. The molecule has 0 saturated heterocycles. The van der Waals surface area contributed by atoms with E-state index in [0.29, 0.717) is 5.82 Å². The predicted octanol–water partition coefficient (Wildman–Crippen LogP) is 18.2. The highest BCUT2D eigenvalue weighted by Crippen LogP contribution is 2.54. The molecule has 0 unspecified atom stereocenters. The van der Waals surface area contributed by atoms with Crippen LogP contribution in [0.3, 0.4) is 0 Å². The van der Waals surface area contributed by atoms with E-state index in [0.717, 1.165) is 66.8 Å². The molecule has 2 heterocycles. The maximum Gasteiger partial charge on any atom is 0.160 e. The zero-order valence-corrected chi connectivity index (χ0v) is 40.0. The van der Waals surface area contributed by atoms with Crippen molar-refractivity contribution in [3.63, 3.8) is 0 Å². The Kier molecular flexibility index (Phi) is 9.56. The number of benzene rings is 11. The summed E-state index contributed by atoms with van der Waals surface area (Å²) in [5.41, 5.74) is 20.4. The maximum absolute atomic E-state index is 5.54. The van der Waals surface area contributed by atoms with Crippen molar-refractivity contribution in [2.24, 2.45) is 0 Å². The van der Waals surface area contributed by atoms with E-state index in [2.05, 4.69) is 267 Å². The van der Waals surface area contributed by atoms with Gasteiger partial charge in [-0.25, -0.2) is 9.97 Å². The van der Waals surface area contributed by atoms with E-state index in [1.807, 2.05) is 0 Å². The molecular formula is C69H47N3. The first-order valence-electron chi connectivity index (χ1n) is 24.9. The number of hydrogen-bond donors (Lipinski definition) is 0. The van der Waals surface area contributed by atoms with Gasteiger partial charge in [-0.2, -0.15) is 0 Å². The Bertz CT molecular complexity index is 4240. The van der Waals surface area contributed by atoms with Gasteiger partial charge >= 0.3 is 0 Å². The molecule has 0 bridgehead atoms. The molecule has 0 spiro atoms. The standard InChI is InChI=1S/C69H47N3/c1-69(2)59-31-18-30-56(66(59)58-41-48-22-6-7-23-49(48)42-60(58)69)57-40-39-44-19-8-9-26-52(44)67(57)62-43-61(70-68(71-62)47-20-4-3-5-21-47)53-27-11-10-24-50(53)45-35-37-46(38-36-45)51-25-12-15-32-63(51)72-64-33-16-13-28-54(64)55-29-14-17-34-65(55)72/h3-43H,1-2H3. The summed E-state index contributed by atoms with van der Waals surface area (Å²) in [5.74, 6) is 0.685. The lowest BCUT2D eigenvalue weighted by Crippen LogP contribution is -2.14. The van der Waals surface area contributed by atoms with Crippen molar-refractivity contribution in [1.29, 1.82) is 0 Å². The predicted molar refractivity (Wildman–Crippen MR) is 302 cm³/mol. The van der Waals surface area contributed by atoms with Crippen LogP contribution in [0.5, 0.6) is 0 Å². The number of fused-ring (bicyclic) bond motifs is 8. The van der Waals surface area contributed by atoms with E-state index in [1.165, 1.54) is 66.0 Å². The highest BCUT2D eigenvalue weighted by atomic mass is 15.0. The minimum absolute atomic E-state index is 0.179. The van der Waals surface area contributed by atoms with Crippen molar-refractivity contribution in [2.75, 3.05) is 0 Å². The first-order chi connectivity index (χ1) is 35.5. The highest BCUT2D eigenvalue weighted by molar-refractivity contribution is 6.10. The monoisotopic (exact) mass is 917 g/mol. The summed E-state index contributed by atoms with van der Waals surface area (Å²) in [4.78, 5) is 11.0. The number of rotatable bonds is 7. The minimum Gasteiger partial charge on any atom is -0.309 e. The van der Waals surface area contributed by atoms with Crippen LogP contribution in [0, 0.1) is 0 Å². The molecule has 0 aliphatic heterocycles. The molecule has 0 fully saturated rings. The lowest BCUT2D eigenvalue weighted by atomic mass is 9.81. The van der Waals surface area contributed by atoms with Crippen molar-refractivity contribution in [3.05, 3.63) is 260 Å². The van der Waals surface area contributed by atoms with Gasteiger partial charge in [-0.05, 0) is 108 Å². The smallest absolute Gasteiger partial charge is 0.160 e. The van der Waals surface area contributed by atoms with E-state index in [1.54, 1.807) is 0 Å². The third-order valence-electron chi connectivity index (χ3n) is 15.2. The van der Waals surface area contributed by atoms with Crippen LogP contribution in [-0.2, 0) is 5.41 Å². The SMILES string of the molecule is CC1(C)c2cc3ccccc3cc2-c2c(-c3ccc4ccccc4c3-c3cc(-c4ccccc4-c4ccc(-c5ccccc5-n5c6ccccc6c6ccccc65)cc4)nc(-c4ccccc4)n3)cccc21. The molecule has 338 valence electrons. The second kappa shape index (κ2) is 16.5. The number of aromatic nitrogens is 3. The normalized spacial score (nSPS) is 12.7. The van der Waals surface area contributed by atoms with Gasteiger partial charge in [0.25, 0.3) is 0 Å². The third kappa shape index (κ3) is 6.58. The molecule has 0 saturated carbocycles. The fourth-order valence-electron chi connectivity index (χ4n) is 11.8. The fourth-order valence-corrected chi connectivity index (χ4v) is 11.8. The van der Waals surface area contributed by atoms with Gasteiger partial charge in [0, 0.05) is 38.4 Å². The molecule has 0 amide bonds. The molecule has 3 heteroatoms. The van der Waals surface area contributed by atoms with Gasteiger partial charge in [-0.3, -0.25) is 0 Å². The van der Waals surface area contributed by atoms with Crippen molar-refractivity contribution >= 4 is 43.4 Å². The first kappa shape index (κ1) is 41.8. The highest BCUT2D eigenvalue weighted by Gasteiger charge is 2.37. The van der Waals surface area contributed by atoms with Crippen LogP contribution in [0.1, 0.15) is 25.0 Å². The Morgan fingerprint density at radius 3 is 1.60 bits per heavy atom. The summed E-state index contributed by atoms with van der Waals surface area (Å²) < 4.78 is 2.41. The summed E-state index contributed by atoms with van der Waals surface area (Å²) >= 11 is 0. The number of para-hydroxylation sites is 3. The second-order valence-electron chi connectivity index (χ2n) is 19.6. The first-order valence-corrected chi connectivity index (χ1v) is 24.9. The molecule has 0 radical (unpaired) electrons. The minimum atomic E-state index is -0.179. The number of nitrogens with zero attached hydrogens (tertiary/aromatic N) is 3. The van der Waals surface area contributed by atoms with Crippen molar-refractivity contribution in [2.45, 2.75) is 19.3 Å². The Morgan fingerprint density at radius 2 is 0.861 bits per heavy atom. The Balaban J connectivity index is 0.937. The summed E-state index contributed by atoms with van der Waals surface area (Å²) in [7, 11) is 0. The average Bonchev–Trinajstić information content (AvgIpc) is 3.89. The zero-order chi connectivity index (χ0) is 47.9. The number of hydrogen-bond acceptors (Lipinski definition) is 2. The lowest BCUT2D eigenvalue weighted by molar-refractivity contribution is 0.661. The third-order valence-corrected chi connectivity index (χ3v) is 15.2. The molecule has 2 aromatic heterocycles. The van der Waals surface area contributed by atoms with Gasteiger partial charge in [0.2, 0.25) is 0 Å². The Morgan fingerprint density at radius 1 is 0.319 bits per heavy atom. The summed E-state index contributed by atoms with van der Waals surface area (Å²) in [6, 6.07) is 90.3. The molecule has 1 aliphatic carbocycles. The van der Waals surface area contributed by atoms with Gasteiger partial charge in [0.05, 0.1) is 28.1 Å². The van der Waals surface area contributed by atoms with E-state index >= 15 is 0 Å². The van der Waals surface area contributed by atoms with E-state index in [4.69, 9.17) is 9.97 Å². The molecule has 0 atom stereocenters. The molecule has 3 nitrogen and oxygen atoms in total. The van der Waals surface area contributed by atoms with Crippen molar-refractivity contribution in [1.82, 2.24) is 14.5 Å². The molecular weight excluding hydrogens is 871 g/mol. The van der Waals surface area contributed by atoms with Crippen LogP contribution in [0.25, 0.3) is 127 Å². The quantitative estimate of drug-likeness (QED) is 0.159. The van der Waals surface area contributed by atoms with Gasteiger partial charge in [-0.15, -0.1) is 0 Å². The second-order valence-corrected chi connectivity index (χ2v) is 19.6.